The minimum atomic E-state index is 0.527. The summed E-state index contributed by atoms with van der Waals surface area (Å²) in [6.07, 6.45) is 1.01. The van der Waals surface area contributed by atoms with Crippen LogP contribution in [0.25, 0.3) is 0 Å². The average Bonchev–Trinajstić information content (AvgIpc) is 2.25. The van der Waals surface area contributed by atoms with E-state index < -0.39 is 0 Å². The number of rotatable bonds is 6. The zero-order valence-corrected chi connectivity index (χ0v) is 10.7. The van der Waals surface area contributed by atoms with Crippen LogP contribution in [0, 0.1) is 12.8 Å². The van der Waals surface area contributed by atoms with Gasteiger partial charge in [-0.25, -0.2) is 0 Å². The van der Waals surface area contributed by atoms with Gasteiger partial charge in [0.25, 0.3) is 0 Å². The third-order valence-electron chi connectivity index (χ3n) is 2.13. The van der Waals surface area contributed by atoms with Gasteiger partial charge in [0.1, 0.15) is 0 Å². The minimum absolute atomic E-state index is 0.527. The van der Waals surface area contributed by atoms with Crippen molar-refractivity contribution in [3.05, 3.63) is 23.8 Å². The monoisotopic (exact) mass is 222 g/mol. The van der Waals surface area contributed by atoms with Gasteiger partial charge in [0, 0.05) is 0 Å². The summed E-state index contributed by atoms with van der Waals surface area (Å²) < 4.78 is 11.4. The highest BCUT2D eigenvalue weighted by atomic mass is 16.5. The number of benzene rings is 1. The topological polar surface area (TPSA) is 18.5 Å². The van der Waals surface area contributed by atoms with E-state index in [9.17, 15) is 0 Å². The Morgan fingerprint density at radius 2 is 1.88 bits per heavy atom. The Kier molecular flexibility index (Phi) is 5.17. The molecule has 0 aliphatic rings. The lowest BCUT2D eigenvalue weighted by atomic mass is 10.2. The second-order valence-electron chi connectivity index (χ2n) is 4.50. The standard InChI is InChI=1S/C14H22O2/c1-5-8-15-13-7-6-12(4)9-14(13)16-10-11(2)3/h6-7,9,11H,5,8,10H2,1-4H3. The van der Waals surface area contributed by atoms with E-state index in [0.717, 1.165) is 31.1 Å². The fourth-order valence-corrected chi connectivity index (χ4v) is 1.32. The van der Waals surface area contributed by atoms with Crippen LogP contribution in [0.3, 0.4) is 0 Å². The van der Waals surface area contributed by atoms with Crippen molar-refractivity contribution < 1.29 is 9.47 Å². The molecule has 0 atom stereocenters. The van der Waals surface area contributed by atoms with Crippen molar-refractivity contribution in [1.82, 2.24) is 0 Å². The second-order valence-corrected chi connectivity index (χ2v) is 4.50. The van der Waals surface area contributed by atoms with Crippen LogP contribution in [0.5, 0.6) is 11.5 Å². The Hall–Kier alpha value is -1.18. The van der Waals surface area contributed by atoms with Crippen molar-refractivity contribution in [2.75, 3.05) is 13.2 Å². The molecule has 0 aliphatic heterocycles. The molecule has 0 bridgehead atoms. The van der Waals surface area contributed by atoms with E-state index in [1.165, 1.54) is 5.56 Å². The minimum Gasteiger partial charge on any atom is -0.490 e. The predicted octanol–water partition coefficient (Wildman–Crippen LogP) is 3.82. The number of hydrogen-bond donors (Lipinski definition) is 0. The summed E-state index contributed by atoms with van der Waals surface area (Å²) >= 11 is 0. The first-order valence-corrected chi connectivity index (χ1v) is 5.99. The molecule has 0 fully saturated rings. The first-order chi connectivity index (χ1) is 7.63. The molecule has 16 heavy (non-hydrogen) atoms. The fraction of sp³-hybridized carbons (Fsp3) is 0.571. The third kappa shape index (κ3) is 4.13. The first kappa shape index (κ1) is 12.9. The molecule has 0 saturated heterocycles. The Bertz CT molecular complexity index is 319. The average molecular weight is 222 g/mol. The third-order valence-corrected chi connectivity index (χ3v) is 2.13. The lowest BCUT2D eigenvalue weighted by Gasteiger charge is -2.14. The van der Waals surface area contributed by atoms with Crippen LogP contribution >= 0.6 is 0 Å². The van der Waals surface area contributed by atoms with E-state index in [2.05, 4.69) is 27.7 Å². The van der Waals surface area contributed by atoms with Gasteiger partial charge < -0.3 is 9.47 Å². The molecule has 0 radical (unpaired) electrons. The summed E-state index contributed by atoms with van der Waals surface area (Å²) in [6, 6.07) is 6.07. The van der Waals surface area contributed by atoms with Crippen LogP contribution in [0.2, 0.25) is 0 Å². The van der Waals surface area contributed by atoms with Gasteiger partial charge in [0.2, 0.25) is 0 Å². The molecule has 0 amide bonds. The summed E-state index contributed by atoms with van der Waals surface area (Å²) in [5, 5.41) is 0. The van der Waals surface area contributed by atoms with Gasteiger partial charge in [-0.3, -0.25) is 0 Å². The van der Waals surface area contributed by atoms with Crippen LogP contribution in [-0.4, -0.2) is 13.2 Å². The molecule has 0 heterocycles. The van der Waals surface area contributed by atoms with Crippen molar-refractivity contribution >= 4 is 0 Å². The van der Waals surface area contributed by atoms with E-state index in [4.69, 9.17) is 9.47 Å². The summed E-state index contributed by atoms with van der Waals surface area (Å²) in [7, 11) is 0. The first-order valence-electron chi connectivity index (χ1n) is 5.99. The van der Waals surface area contributed by atoms with Crippen LogP contribution in [0.4, 0.5) is 0 Å². The van der Waals surface area contributed by atoms with Crippen LogP contribution in [-0.2, 0) is 0 Å². The van der Waals surface area contributed by atoms with Crippen molar-refractivity contribution in [2.45, 2.75) is 34.1 Å². The number of ether oxygens (including phenoxy) is 2. The molecule has 0 N–H and O–H groups in total. The van der Waals surface area contributed by atoms with E-state index in [1.807, 2.05) is 18.2 Å². The second kappa shape index (κ2) is 6.41. The molecule has 90 valence electrons. The fourth-order valence-electron chi connectivity index (χ4n) is 1.32. The molecular formula is C14H22O2. The quantitative estimate of drug-likeness (QED) is 0.728. The zero-order chi connectivity index (χ0) is 12.0. The summed E-state index contributed by atoms with van der Waals surface area (Å²) in [4.78, 5) is 0. The molecule has 0 saturated carbocycles. The van der Waals surface area contributed by atoms with Crippen molar-refractivity contribution in [2.24, 2.45) is 5.92 Å². The maximum Gasteiger partial charge on any atom is 0.161 e. The normalized spacial score (nSPS) is 10.6. The molecule has 1 rings (SSSR count). The number of hydrogen-bond acceptors (Lipinski definition) is 2. The Balaban J connectivity index is 2.72. The Morgan fingerprint density at radius 3 is 2.50 bits per heavy atom. The van der Waals surface area contributed by atoms with Crippen molar-refractivity contribution in [3.63, 3.8) is 0 Å². The molecule has 1 aromatic rings. The maximum atomic E-state index is 5.75. The largest absolute Gasteiger partial charge is 0.490 e. The summed E-state index contributed by atoms with van der Waals surface area (Å²) in [5.74, 6) is 2.25. The molecular weight excluding hydrogens is 200 g/mol. The van der Waals surface area contributed by atoms with Crippen LogP contribution < -0.4 is 9.47 Å². The summed E-state index contributed by atoms with van der Waals surface area (Å²) in [5.41, 5.74) is 1.20. The maximum absolute atomic E-state index is 5.75. The van der Waals surface area contributed by atoms with Gasteiger partial charge in [-0.1, -0.05) is 26.8 Å². The van der Waals surface area contributed by atoms with Gasteiger partial charge in [0.05, 0.1) is 13.2 Å². The molecule has 1 aromatic carbocycles. The molecule has 0 aromatic heterocycles. The van der Waals surface area contributed by atoms with Gasteiger partial charge in [0.15, 0.2) is 11.5 Å². The smallest absolute Gasteiger partial charge is 0.161 e. The molecule has 0 aliphatic carbocycles. The van der Waals surface area contributed by atoms with Crippen molar-refractivity contribution in [1.29, 1.82) is 0 Å². The number of aryl methyl sites for hydroxylation is 1. The lowest BCUT2D eigenvalue weighted by Crippen LogP contribution is -2.06. The van der Waals surface area contributed by atoms with Gasteiger partial charge >= 0.3 is 0 Å². The predicted molar refractivity (Wildman–Crippen MR) is 67.3 cm³/mol. The molecule has 0 spiro atoms. The molecule has 0 unspecified atom stereocenters. The zero-order valence-electron chi connectivity index (χ0n) is 10.7. The van der Waals surface area contributed by atoms with Gasteiger partial charge in [-0.05, 0) is 37.0 Å². The molecule has 2 heteroatoms. The highest BCUT2D eigenvalue weighted by Gasteiger charge is 2.06. The SMILES string of the molecule is CCCOc1ccc(C)cc1OCC(C)C. The van der Waals surface area contributed by atoms with Gasteiger partial charge in [-0.15, -0.1) is 0 Å². The highest BCUT2D eigenvalue weighted by Crippen LogP contribution is 2.28. The Morgan fingerprint density at radius 1 is 1.12 bits per heavy atom. The van der Waals surface area contributed by atoms with E-state index >= 15 is 0 Å². The van der Waals surface area contributed by atoms with Crippen molar-refractivity contribution in [3.8, 4) is 11.5 Å². The van der Waals surface area contributed by atoms with Crippen LogP contribution in [0.1, 0.15) is 32.8 Å². The Labute approximate surface area is 98.6 Å². The van der Waals surface area contributed by atoms with Gasteiger partial charge in [-0.2, -0.15) is 0 Å². The van der Waals surface area contributed by atoms with E-state index in [0.29, 0.717) is 5.92 Å². The van der Waals surface area contributed by atoms with Crippen LogP contribution in [0.15, 0.2) is 18.2 Å². The molecule has 2 nitrogen and oxygen atoms in total. The highest BCUT2D eigenvalue weighted by molar-refractivity contribution is 5.42. The van der Waals surface area contributed by atoms with E-state index in [-0.39, 0.29) is 0 Å². The lowest BCUT2D eigenvalue weighted by molar-refractivity contribution is 0.243. The summed E-state index contributed by atoms with van der Waals surface area (Å²) in [6.45, 7) is 9.91. The van der Waals surface area contributed by atoms with E-state index in [1.54, 1.807) is 0 Å².